The third kappa shape index (κ3) is 3.76. The van der Waals surface area contributed by atoms with Crippen molar-refractivity contribution in [3.8, 4) is 11.1 Å². The zero-order valence-corrected chi connectivity index (χ0v) is 20.5. The number of halogens is 2. The van der Waals surface area contributed by atoms with E-state index < -0.39 is 20.4 Å². The Bertz CT molecular complexity index is 921. The van der Waals surface area contributed by atoms with Gasteiger partial charge < -0.3 is 24.8 Å². The second-order valence-electron chi connectivity index (χ2n) is 7.00. The third-order valence-corrected chi connectivity index (χ3v) is 22.3. The first kappa shape index (κ1) is 21.9. The van der Waals surface area contributed by atoms with Gasteiger partial charge >= 0.3 is 154 Å². The van der Waals surface area contributed by atoms with Gasteiger partial charge in [0.05, 0.1) is 0 Å². The van der Waals surface area contributed by atoms with Crippen molar-refractivity contribution < 1.29 is 45.2 Å². The summed E-state index contributed by atoms with van der Waals surface area (Å²) in [6, 6.07) is 16.2. The van der Waals surface area contributed by atoms with Gasteiger partial charge in [0, 0.05) is 0 Å². The van der Waals surface area contributed by atoms with E-state index >= 15 is 0 Å². The van der Waals surface area contributed by atoms with Crippen LogP contribution in [0.3, 0.4) is 0 Å². The quantitative estimate of drug-likeness (QED) is 0.441. The fourth-order valence-corrected chi connectivity index (χ4v) is 21.7. The van der Waals surface area contributed by atoms with Crippen LogP contribution in [0.25, 0.3) is 11.1 Å². The molecule has 0 atom stereocenters. The predicted molar refractivity (Wildman–Crippen MR) is 103 cm³/mol. The molecule has 0 fully saturated rings. The van der Waals surface area contributed by atoms with Gasteiger partial charge in [-0.05, 0) is 0 Å². The van der Waals surface area contributed by atoms with E-state index in [0.29, 0.717) is 0 Å². The molecule has 0 N–H and O–H groups in total. The van der Waals surface area contributed by atoms with Crippen LogP contribution < -0.4 is 28.1 Å². The van der Waals surface area contributed by atoms with E-state index in [4.69, 9.17) is 0 Å². The van der Waals surface area contributed by atoms with Crippen LogP contribution in [0.2, 0.25) is 13.1 Å². The molecule has 0 aromatic heterocycles. The molecule has 0 saturated carbocycles. The summed E-state index contributed by atoms with van der Waals surface area (Å²) in [6.45, 7) is 7.47. The minimum absolute atomic E-state index is 0. The molecule has 0 radical (unpaired) electrons. The molecule has 26 heavy (non-hydrogen) atoms. The number of hydrogen-bond acceptors (Lipinski definition) is 0. The molecule has 0 spiro atoms. The van der Waals surface area contributed by atoms with Gasteiger partial charge in [-0.15, -0.1) is 0 Å². The molecule has 2 aromatic carbocycles. The van der Waals surface area contributed by atoms with Crippen LogP contribution in [0.15, 0.2) is 63.5 Å². The van der Waals surface area contributed by atoms with Gasteiger partial charge in [-0.1, -0.05) is 0 Å². The van der Waals surface area contributed by atoms with Crippen LogP contribution in [0, 0.1) is 0 Å². The Kier molecular flexibility index (Phi) is 7.74. The van der Waals surface area contributed by atoms with Gasteiger partial charge in [-0.2, -0.15) is 0 Å². The smallest absolute Gasteiger partial charge is 1.00 e. The Labute approximate surface area is 177 Å². The van der Waals surface area contributed by atoms with E-state index in [0.717, 1.165) is 6.42 Å². The summed E-state index contributed by atoms with van der Waals surface area (Å²) in [6.07, 6.45) is 8.43. The first-order valence-electron chi connectivity index (χ1n) is 8.97. The van der Waals surface area contributed by atoms with Crippen LogP contribution in [-0.2, 0) is 26.8 Å². The van der Waals surface area contributed by atoms with Crippen LogP contribution in [0.4, 0.5) is 0 Å². The average molecular weight is 479 g/mol. The summed E-state index contributed by atoms with van der Waals surface area (Å²) in [5, 5.41) is 0. The molecule has 0 saturated heterocycles. The number of hydrogen-bond donors (Lipinski definition) is 0. The molecule has 0 unspecified atom stereocenters. The Balaban J connectivity index is 0.00000121. The van der Waals surface area contributed by atoms with Crippen molar-refractivity contribution in [2.75, 3.05) is 0 Å². The number of allylic oxidation sites excluding steroid dienone is 4. The van der Waals surface area contributed by atoms with Crippen molar-refractivity contribution in [2.24, 2.45) is 0 Å². The molecule has 0 amide bonds. The fraction of sp³-hybridized carbons (Fsp3) is 0.273. The SMILES string of the molecule is CCC1=[C]([Zr+2]([c]2cccc3c2Cc2ccccc2-3)=[Si](C)C)CC=C1.[Cl-].[Cl-]. The Morgan fingerprint density at radius 2 is 1.69 bits per heavy atom. The summed E-state index contributed by atoms with van der Waals surface area (Å²) in [5.74, 6) is 0. The molecule has 4 rings (SSSR count). The van der Waals surface area contributed by atoms with Crippen molar-refractivity contribution in [1.29, 1.82) is 0 Å². The van der Waals surface area contributed by atoms with Crippen LogP contribution in [0.1, 0.15) is 30.9 Å². The molecule has 0 bridgehead atoms. The molecule has 2 aliphatic carbocycles. The first-order valence-corrected chi connectivity index (χ1v) is 17.6. The van der Waals surface area contributed by atoms with Gasteiger partial charge in [0.2, 0.25) is 0 Å². The summed E-state index contributed by atoms with van der Waals surface area (Å²) in [5.41, 5.74) is 7.61. The van der Waals surface area contributed by atoms with Crippen molar-refractivity contribution in [2.45, 2.75) is 39.3 Å². The summed E-state index contributed by atoms with van der Waals surface area (Å²) in [4.78, 5) is 0. The molecular weight excluding hydrogens is 454 g/mol. The molecule has 4 heteroatoms. The molecule has 0 nitrogen and oxygen atoms in total. The summed E-state index contributed by atoms with van der Waals surface area (Å²) < 4.78 is 3.69. The summed E-state index contributed by atoms with van der Waals surface area (Å²) >= 11 is -1.76. The molecule has 0 heterocycles. The third-order valence-electron chi connectivity index (χ3n) is 5.33. The normalized spacial score (nSPS) is 13.3. The first-order chi connectivity index (χ1) is 11.7. The van der Waals surface area contributed by atoms with Crippen LogP contribution in [0.5, 0.6) is 0 Å². The number of rotatable bonds is 3. The predicted octanol–water partition coefficient (Wildman–Crippen LogP) is -0.616. The number of fused-ring (bicyclic) bond motifs is 3. The van der Waals surface area contributed by atoms with Gasteiger partial charge in [-0.3, -0.25) is 0 Å². The average Bonchev–Trinajstić information content (AvgIpc) is 3.19. The Morgan fingerprint density at radius 1 is 0.962 bits per heavy atom. The van der Waals surface area contributed by atoms with Gasteiger partial charge in [0.1, 0.15) is 0 Å². The maximum atomic E-state index is 2.57. The minimum atomic E-state index is -1.76. The van der Waals surface area contributed by atoms with E-state index in [1.807, 2.05) is 3.28 Å². The minimum Gasteiger partial charge on any atom is -1.00 e. The van der Waals surface area contributed by atoms with Gasteiger partial charge in [0.15, 0.2) is 0 Å². The second kappa shape index (κ2) is 9.20. The van der Waals surface area contributed by atoms with E-state index in [1.54, 1.807) is 14.4 Å². The Hall–Kier alpha value is -0.400. The van der Waals surface area contributed by atoms with Crippen molar-refractivity contribution in [1.82, 2.24) is 0 Å². The Morgan fingerprint density at radius 3 is 2.42 bits per heavy atom. The maximum absolute atomic E-state index is 2.57. The molecule has 0 aliphatic heterocycles. The summed E-state index contributed by atoms with van der Waals surface area (Å²) in [7, 11) is 0. The maximum Gasteiger partial charge on any atom is -1.00 e. The van der Waals surface area contributed by atoms with E-state index in [2.05, 4.69) is 74.6 Å². The standard InChI is InChI=1S/C13H9.C7H9.C2H6Si.2ClH.Zr/c1-3-7-12-10(5-1)9-11-6-2-4-8-13(11)12;1-2-7-5-3-4-6-7;1-3-2;;;/h1-5,7-8H,9H2;3,5H,2,4H2,1H3;1-2H3;2*1H;/q;;;;;+2/p-2. The molecule has 2 aromatic rings. The monoisotopic (exact) mass is 476 g/mol. The van der Waals surface area contributed by atoms with E-state index in [-0.39, 0.29) is 30.2 Å². The van der Waals surface area contributed by atoms with Gasteiger partial charge in [0.25, 0.3) is 0 Å². The van der Waals surface area contributed by atoms with E-state index in [9.17, 15) is 0 Å². The molecule has 134 valence electrons. The van der Waals surface area contributed by atoms with Crippen LogP contribution in [-0.4, -0.2) is 5.43 Å². The van der Waals surface area contributed by atoms with Crippen LogP contribution >= 0.6 is 0 Å². The number of benzene rings is 2. The zero-order chi connectivity index (χ0) is 16.7. The second-order valence-corrected chi connectivity index (χ2v) is 24.0. The van der Waals surface area contributed by atoms with Crippen molar-refractivity contribution in [3.05, 3.63) is 74.6 Å². The van der Waals surface area contributed by atoms with Crippen molar-refractivity contribution in [3.63, 3.8) is 0 Å². The topological polar surface area (TPSA) is 0 Å². The largest absolute Gasteiger partial charge is 1.00 e. The molecular formula is C22H24Cl2SiZr. The fourth-order valence-electron chi connectivity index (χ4n) is 4.27. The van der Waals surface area contributed by atoms with E-state index in [1.165, 1.54) is 29.5 Å². The van der Waals surface area contributed by atoms with Crippen molar-refractivity contribution >= 4 is 8.70 Å². The van der Waals surface area contributed by atoms with Gasteiger partial charge in [-0.25, -0.2) is 0 Å². The zero-order valence-electron chi connectivity index (χ0n) is 15.6. The molecule has 2 aliphatic rings.